The fourth-order valence-electron chi connectivity index (χ4n) is 1.66. The molecular weight excluding hydrogens is 221 g/mol. The van der Waals surface area contributed by atoms with Crippen molar-refractivity contribution in [3.63, 3.8) is 0 Å². The molecular formula is C10H11Cl2NO. The fraction of sp³-hybridized carbons (Fsp3) is 0.400. The van der Waals surface area contributed by atoms with Crippen LogP contribution in [-0.2, 0) is 0 Å². The van der Waals surface area contributed by atoms with Crippen LogP contribution in [0.4, 0.5) is 0 Å². The molecule has 0 bridgehead atoms. The van der Waals surface area contributed by atoms with Gasteiger partial charge in [-0.2, -0.15) is 0 Å². The molecule has 0 saturated carbocycles. The van der Waals surface area contributed by atoms with E-state index < -0.39 is 0 Å². The van der Waals surface area contributed by atoms with Gasteiger partial charge >= 0.3 is 0 Å². The Morgan fingerprint density at radius 1 is 1.29 bits per heavy atom. The minimum absolute atomic E-state index is 0.0706. The van der Waals surface area contributed by atoms with Crippen LogP contribution in [0.2, 0.25) is 10.0 Å². The molecule has 1 aliphatic rings. The lowest BCUT2D eigenvalue weighted by atomic mass is 10.0. The van der Waals surface area contributed by atoms with Crippen LogP contribution >= 0.6 is 23.2 Å². The highest BCUT2D eigenvalue weighted by molar-refractivity contribution is 6.35. The largest absolute Gasteiger partial charge is 0.492 e. The highest BCUT2D eigenvalue weighted by Crippen LogP contribution is 2.40. The maximum Gasteiger partial charge on any atom is 0.144 e. The number of fused-ring (bicyclic) bond motifs is 1. The number of benzene rings is 1. The Balaban J connectivity index is 2.57. The molecule has 1 aromatic carbocycles. The van der Waals surface area contributed by atoms with Crippen LogP contribution in [0.3, 0.4) is 0 Å². The van der Waals surface area contributed by atoms with Gasteiger partial charge in [0.15, 0.2) is 0 Å². The van der Waals surface area contributed by atoms with E-state index in [0.717, 1.165) is 18.4 Å². The van der Waals surface area contributed by atoms with Crippen molar-refractivity contribution in [1.82, 2.24) is 0 Å². The Kier molecular flexibility index (Phi) is 2.86. The second kappa shape index (κ2) is 3.97. The Hall–Kier alpha value is -0.440. The molecule has 14 heavy (non-hydrogen) atoms. The molecule has 1 aliphatic heterocycles. The summed E-state index contributed by atoms with van der Waals surface area (Å²) in [5, 5.41) is 1.22. The number of ether oxygens (including phenoxy) is 1. The van der Waals surface area contributed by atoms with Crippen LogP contribution in [0, 0.1) is 0 Å². The summed E-state index contributed by atoms with van der Waals surface area (Å²) in [6.45, 7) is 0.654. The van der Waals surface area contributed by atoms with Gasteiger partial charge in [0, 0.05) is 16.6 Å². The predicted octanol–water partition coefficient (Wildman–Crippen LogP) is 3.17. The van der Waals surface area contributed by atoms with Gasteiger partial charge in [-0.05, 0) is 25.0 Å². The smallest absolute Gasteiger partial charge is 0.144 e. The van der Waals surface area contributed by atoms with Crippen molar-refractivity contribution in [3.05, 3.63) is 27.7 Å². The third-order valence-corrected chi connectivity index (χ3v) is 3.00. The highest BCUT2D eigenvalue weighted by atomic mass is 35.5. The van der Waals surface area contributed by atoms with E-state index in [-0.39, 0.29) is 6.04 Å². The van der Waals surface area contributed by atoms with Gasteiger partial charge in [-0.3, -0.25) is 0 Å². The van der Waals surface area contributed by atoms with Gasteiger partial charge in [-0.1, -0.05) is 23.2 Å². The first kappa shape index (κ1) is 10.1. The molecule has 0 aromatic heterocycles. The normalized spacial score (nSPS) is 20.9. The summed E-state index contributed by atoms with van der Waals surface area (Å²) in [4.78, 5) is 0. The highest BCUT2D eigenvalue weighted by Gasteiger charge is 2.21. The number of hydrogen-bond acceptors (Lipinski definition) is 2. The van der Waals surface area contributed by atoms with Gasteiger partial charge < -0.3 is 10.5 Å². The summed E-state index contributed by atoms with van der Waals surface area (Å²) in [6.07, 6.45) is 1.82. The first-order valence-corrected chi connectivity index (χ1v) is 5.32. The maximum atomic E-state index is 6.06. The topological polar surface area (TPSA) is 35.2 Å². The zero-order chi connectivity index (χ0) is 10.1. The van der Waals surface area contributed by atoms with Crippen molar-refractivity contribution in [2.45, 2.75) is 18.9 Å². The standard InChI is InChI=1S/C10H11Cl2NO/c11-6-3-4-7(12)10-9(6)8(13)2-1-5-14-10/h3-4,8H,1-2,5,13H2/t8-/m0/s1. The van der Waals surface area contributed by atoms with Gasteiger partial charge in [0.05, 0.1) is 11.6 Å². The second-order valence-electron chi connectivity index (χ2n) is 3.37. The molecule has 76 valence electrons. The summed E-state index contributed by atoms with van der Waals surface area (Å²) in [5.74, 6) is 0.657. The lowest BCUT2D eigenvalue weighted by Crippen LogP contribution is -2.09. The van der Waals surface area contributed by atoms with Crippen LogP contribution < -0.4 is 10.5 Å². The minimum Gasteiger partial charge on any atom is -0.492 e. The summed E-state index contributed by atoms with van der Waals surface area (Å²) >= 11 is 12.1. The van der Waals surface area contributed by atoms with Crippen molar-refractivity contribution >= 4 is 23.2 Å². The zero-order valence-electron chi connectivity index (χ0n) is 7.59. The van der Waals surface area contributed by atoms with Gasteiger partial charge in [0.25, 0.3) is 0 Å². The fourth-order valence-corrected chi connectivity index (χ4v) is 2.17. The molecule has 0 amide bonds. The molecule has 0 aliphatic carbocycles. The molecule has 0 saturated heterocycles. The van der Waals surface area contributed by atoms with Crippen LogP contribution in [0.15, 0.2) is 12.1 Å². The van der Waals surface area contributed by atoms with Gasteiger partial charge in [0.1, 0.15) is 5.75 Å². The summed E-state index contributed by atoms with van der Waals surface area (Å²) in [5.41, 5.74) is 6.84. The SMILES string of the molecule is N[C@H]1CCCOc2c(Cl)ccc(Cl)c21. The Bertz CT molecular complexity index is 354. The Morgan fingerprint density at radius 2 is 2.00 bits per heavy atom. The van der Waals surface area contributed by atoms with E-state index in [1.54, 1.807) is 12.1 Å². The van der Waals surface area contributed by atoms with Gasteiger partial charge in [-0.25, -0.2) is 0 Å². The molecule has 2 nitrogen and oxygen atoms in total. The van der Waals surface area contributed by atoms with Crippen molar-refractivity contribution in [1.29, 1.82) is 0 Å². The Labute approximate surface area is 92.9 Å². The lowest BCUT2D eigenvalue weighted by Gasteiger charge is -2.14. The quantitative estimate of drug-likeness (QED) is 0.745. The molecule has 2 N–H and O–H groups in total. The third-order valence-electron chi connectivity index (χ3n) is 2.37. The predicted molar refractivity (Wildman–Crippen MR) is 58.1 cm³/mol. The van der Waals surface area contributed by atoms with E-state index in [4.69, 9.17) is 33.7 Å². The summed E-state index contributed by atoms with van der Waals surface area (Å²) in [6, 6.07) is 3.43. The monoisotopic (exact) mass is 231 g/mol. The molecule has 1 aromatic rings. The van der Waals surface area contributed by atoms with Crippen molar-refractivity contribution in [2.24, 2.45) is 5.73 Å². The molecule has 0 radical (unpaired) electrons. The van der Waals surface area contributed by atoms with Crippen molar-refractivity contribution in [2.75, 3.05) is 6.61 Å². The van der Waals surface area contributed by atoms with E-state index in [0.29, 0.717) is 22.4 Å². The molecule has 1 atom stereocenters. The average Bonchev–Trinajstić information content (AvgIpc) is 2.35. The van der Waals surface area contributed by atoms with Crippen LogP contribution in [0.1, 0.15) is 24.4 Å². The van der Waals surface area contributed by atoms with E-state index in [9.17, 15) is 0 Å². The number of hydrogen-bond donors (Lipinski definition) is 1. The summed E-state index contributed by atoms with van der Waals surface area (Å²) in [7, 11) is 0. The average molecular weight is 232 g/mol. The molecule has 0 unspecified atom stereocenters. The second-order valence-corrected chi connectivity index (χ2v) is 4.18. The number of rotatable bonds is 0. The molecule has 1 heterocycles. The molecule has 2 rings (SSSR count). The molecule has 0 fully saturated rings. The summed E-state index contributed by atoms with van der Waals surface area (Å²) < 4.78 is 5.53. The first-order chi connectivity index (χ1) is 6.70. The number of halogens is 2. The van der Waals surface area contributed by atoms with Crippen LogP contribution in [-0.4, -0.2) is 6.61 Å². The van der Waals surface area contributed by atoms with E-state index in [1.807, 2.05) is 0 Å². The molecule has 0 spiro atoms. The first-order valence-electron chi connectivity index (χ1n) is 4.56. The van der Waals surface area contributed by atoms with E-state index in [2.05, 4.69) is 0 Å². The third kappa shape index (κ3) is 1.70. The van der Waals surface area contributed by atoms with Crippen molar-refractivity contribution in [3.8, 4) is 5.75 Å². The lowest BCUT2D eigenvalue weighted by molar-refractivity contribution is 0.316. The van der Waals surface area contributed by atoms with Crippen molar-refractivity contribution < 1.29 is 4.74 Å². The Morgan fingerprint density at radius 3 is 2.79 bits per heavy atom. The van der Waals surface area contributed by atoms with Gasteiger partial charge in [-0.15, -0.1) is 0 Å². The van der Waals surface area contributed by atoms with E-state index >= 15 is 0 Å². The van der Waals surface area contributed by atoms with Gasteiger partial charge in [0.2, 0.25) is 0 Å². The van der Waals surface area contributed by atoms with Crippen LogP contribution in [0.5, 0.6) is 5.75 Å². The molecule has 4 heteroatoms. The minimum atomic E-state index is -0.0706. The zero-order valence-corrected chi connectivity index (χ0v) is 9.11. The van der Waals surface area contributed by atoms with E-state index in [1.165, 1.54) is 0 Å². The van der Waals surface area contributed by atoms with Crippen LogP contribution in [0.25, 0.3) is 0 Å². The maximum absolute atomic E-state index is 6.06. The number of nitrogens with two attached hydrogens (primary N) is 1.